The van der Waals surface area contributed by atoms with Gasteiger partial charge in [-0.25, -0.2) is 4.79 Å². The second kappa shape index (κ2) is 9.00. The molecule has 0 saturated carbocycles. The number of hydrogen-bond acceptors (Lipinski definition) is 5. The van der Waals surface area contributed by atoms with Crippen LogP contribution in [0.1, 0.15) is 33.1 Å². The van der Waals surface area contributed by atoms with Crippen molar-refractivity contribution in [3.05, 3.63) is 0 Å². The van der Waals surface area contributed by atoms with Gasteiger partial charge in [-0.05, 0) is 32.4 Å². The van der Waals surface area contributed by atoms with Crippen LogP contribution in [0.25, 0.3) is 0 Å². The minimum Gasteiger partial charge on any atom is -0.467 e. The van der Waals surface area contributed by atoms with Gasteiger partial charge in [0.1, 0.15) is 6.04 Å². The number of amides is 1. The van der Waals surface area contributed by atoms with E-state index in [1.54, 1.807) is 0 Å². The Morgan fingerprint density at radius 3 is 2.71 bits per heavy atom. The van der Waals surface area contributed by atoms with Crippen LogP contribution in [0, 0.1) is 5.92 Å². The van der Waals surface area contributed by atoms with Crippen molar-refractivity contribution in [2.75, 3.05) is 33.8 Å². The quantitative estimate of drug-likeness (QED) is 0.634. The fourth-order valence-corrected chi connectivity index (χ4v) is 2.61. The fraction of sp³-hybridized carbons (Fsp3) is 0.867. The number of ether oxygens (including phenoxy) is 1. The number of rotatable bonds is 8. The molecule has 0 aromatic carbocycles. The van der Waals surface area contributed by atoms with Crippen LogP contribution in [0.5, 0.6) is 0 Å². The molecule has 0 aromatic rings. The van der Waals surface area contributed by atoms with Crippen molar-refractivity contribution in [2.24, 2.45) is 5.92 Å². The molecule has 122 valence electrons. The molecule has 21 heavy (non-hydrogen) atoms. The Labute approximate surface area is 127 Å². The molecule has 1 fully saturated rings. The Morgan fingerprint density at radius 1 is 1.48 bits per heavy atom. The smallest absolute Gasteiger partial charge is 0.328 e. The summed E-state index contributed by atoms with van der Waals surface area (Å²) in [7, 11) is 3.28. The van der Waals surface area contributed by atoms with E-state index < -0.39 is 6.04 Å². The monoisotopic (exact) mass is 299 g/mol. The van der Waals surface area contributed by atoms with Gasteiger partial charge in [0, 0.05) is 12.6 Å². The summed E-state index contributed by atoms with van der Waals surface area (Å²) in [6, 6.07) is -0.0979. The van der Waals surface area contributed by atoms with E-state index in [0.29, 0.717) is 12.6 Å². The van der Waals surface area contributed by atoms with Gasteiger partial charge in [-0.3, -0.25) is 9.69 Å². The largest absolute Gasteiger partial charge is 0.467 e. The Balaban J connectivity index is 2.43. The molecule has 0 aromatic heterocycles. The highest BCUT2D eigenvalue weighted by atomic mass is 16.5. The molecule has 0 spiro atoms. The third kappa shape index (κ3) is 6.01. The maximum atomic E-state index is 12.1. The van der Waals surface area contributed by atoms with Gasteiger partial charge in [0.05, 0.1) is 13.7 Å². The first-order chi connectivity index (χ1) is 9.97. The van der Waals surface area contributed by atoms with Gasteiger partial charge < -0.3 is 15.4 Å². The number of methoxy groups -OCH3 is 1. The van der Waals surface area contributed by atoms with Crippen molar-refractivity contribution in [1.82, 2.24) is 15.5 Å². The van der Waals surface area contributed by atoms with E-state index in [9.17, 15) is 9.59 Å². The van der Waals surface area contributed by atoms with E-state index in [2.05, 4.69) is 10.6 Å². The van der Waals surface area contributed by atoms with Crippen LogP contribution >= 0.6 is 0 Å². The minimum absolute atomic E-state index is 0.0585. The van der Waals surface area contributed by atoms with Crippen LogP contribution < -0.4 is 10.6 Å². The standard InChI is InChI=1S/C15H29N3O3/c1-5-11(2)14(15(20)21-4)17-13(19)10-18(3)9-12-7-6-8-16-12/h11-12,14,16H,5-10H2,1-4H3,(H,17,19). The van der Waals surface area contributed by atoms with Crippen LogP contribution in [0.15, 0.2) is 0 Å². The fourth-order valence-electron chi connectivity index (χ4n) is 2.61. The molecular weight excluding hydrogens is 270 g/mol. The highest BCUT2D eigenvalue weighted by molar-refractivity contribution is 5.85. The molecule has 1 amide bonds. The van der Waals surface area contributed by atoms with Crippen molar-refractivity contribution in [1.29, 1.82) is 0 Å². The third-order valence-electron chi connectivity index (χ3n) is 4.09. The summed E-state index contributed by atoms with van der Waals surface area (Å²) in [6.07, 6.45) is 3.16. The summed E-state index contributed by atoms with van der Waals surface area (Å²) in [5.41, 5.74) is 0. The molecule has 1 aliphatic heterocycles. The lowest BCUT2D eigenvalue weighted by molar-refractivity contribution is -0.146. The van der Waals surface area contributed by atoms with E-state index in [1.165, 1.54) is 13.5 Å². The average Bonchev–Trinajstić information content (AvgIpc) is 2.95. The average molecular weight is 299 g/mol. The van der Waals surface area contributed by atoms with Gasteiger partial charge in [-0.1, -0.05) is 20.3 Å². The number of carbonyl (C=O) groups is 2. The van der Waals surface area contributed by atoms with Gasteiger partial charge in [0.15, 0.2) is 0 Å². The molecule has 0 aliphatic carbocycles. The van der Waals surface area contributed by atoms with Crippen LogP contribution in [-0.4, -0.2) is 62.7 Å². The van der Waals surface area contributed by atoms with Gasteiger partial charge in [-0.2, -0.15) is 0 Å². The Bertz CT molecular complexity index is 343. The number of nitrogens with one attached hydrogen (secondary N) is 2. The maximum absolute atomic E-state index is 12.1. The number of nitrogens with zero attached hydrogens (tertiary/aromatic N) is 1. The van der Waals surface area contributed by atoms with Gasteiger partial charge in [0.25, 0.3) is 0 Å². The zero-order valence-electron chi connectivity index (χ0n) is 13.6. The molecule has 0 bridgehead atoms. The minimum atomic E-state index is -0.564. The molecule has 0 radical (unpaired) electrons. The number of carbonyl (C=O) groups excluding carboxylic acids is 2. The van der Waals surface area contributed by atoms with Gasteiger partial charge >= 0.3 is 5.97 Å². The van der Waals surface area contributed by atoms with E-state index in [4.69, 9.17) is 4.74 Å². The highest BCUT2D eigenvalue weighted by Crippen LogP contribution is 2.09. The normalized spacial score (nSPS) is 21.1. The molecule has 1 rings (SSSR count). The van der Waals surface area contributed by atoms with E-state index in [-0.39, 0.29) is 17.8 Å². The third-order valence-corrected chi connectivity index (χ3v) is 4.09. The lowest BCUT2D eigenvalue weighted by Gasteiger charge is -2.24. The highest BCUT2D eigenvalue weighted by Gasteiger charge is 2.27. The Morgan fingerprint density at radius 2 is 2.19 bits per heavy atom. The Hall–Kier alpha value is -1.14. The van der Waals surface area contributed by atoms with Crippen LogP contribution in [0.4, 0.5) is 0 Å². The lowest BCUT2D eigenvalue weighted by atomic mass is 9.99. The number of likely N-dealkylation sites (N-methyl/N-ethyl adjacent to an activating group) is 1. The van der Waals surface area contributed by atoms with Crippen molar-refractivity contribution < 1.29 is 14.3 Å². The van der Waals surface area contributed by atoms with Crippen molar-refractivity contribution >= 4 is 11.9 Å². The lowest BCUT2D eigenvalue weighted by Crippen LogP contribution is -2.49. The van der Waals surface area contributed by atoms with Crippen molar-refractivity contribution in [3.8, 4) is 0 Å². The number of esters is 1. The molecule has 1 saturated heterocycles. The molecular formula is C15H29N3O3. The predicted molar refractivity (Wildman–Crippen MR) is 81.9 cm³/mol. The van der Waals surface area contributed by atoms with Crippen LogP contribution in [-0.2, 0) is 14.3 Å². The second-order valence-corrected chi connectivity index (χ2v) is 5.94. The van der Waals surface area contributed by atoms with Crippen LogP contribution in [0.3, 0.4) is 0 Å². The Kier molecular flexibility index (Phi) is 7.67. The first kappa shape index (κ1) is 17.9. The van der Waals surface area contributed by atoms with Crippen LogP contribution in [0.2, 0.25) is 0 Å². The summed E-state index contributed by atoms with van der Waals surface area (Å²) >= 11 is 0. The molecule has 6 heteroatoms. The summed E-state index contributed by atoms with van der Waals surface area (Å²) in [5.74, 6) is -0.452. The second-order valence-electron chi connectivity index (χ2n) is 5.94. The molecule has 3 unspecified atom stereocenters. The molecule has 1 aliphatic rings. The van der Waals surface area contributed by atoms with Gasteiger partial charge in [-0.15, -0.1) is 0 Å². The molecule has 6 nitrogen and oxygen atoms in total. The predicted octanol–water partition coefficient (Wildman–Crippen LogP) is 0.374. The maximum Gasteiger partial charge on any atom is 0.328 e. The summed E-state index contributed by atoms with van der Waals surface area (Å²) in [6.45, 7) is 6.13. The van der Waals surface area contributed by atoms with Crippen molar-refractivity contribution in [2.45, 2.75) is 45.2 Å². The zero-order chi connectivity index (χ0) is 15.8. The van der Waals surface area contributed by atoms with Gasteiger partial charge in [0.2, 0.25) is 5.91 Å². The SMILES string of the molecule is CCC(C)C(NC(=O)CN(C)CC1CCCN1)C(=O)OC. The number of hydrogen-bond donors (Lipinski definition) is 2. The summed E-state index contributed by atoms with van der Waals surface area (Å²) in [4.78, 5) is 25.8. The zero-order valence-corrected chi connectivity index (χ0v) is 13.6. The van der Waals surface area contributed by atoms with Crippen molar-refractivity contribution in [3.63, 3.8) is 0 Å². The molecule has 1 heterocycles. The summed E-state index contributed by atoms with van der Waals surface area (Å²) < 4.78 is 4.77. The van der Waals surface area contributed by atoms with E-state index >= 15 is 0 Å². The van der Waals surface area contributed by atoms with E-state index in [1.807, 2.05) is 25.8 Å². The topological polar surface area (TPSA) is 70.7 Å². The molecule has 3 atom stereocenters. The first-order valence-corrected chi connectivity index (χ1v) is 7.77. The first-order valence-electron chi connectivity index (χ1n) is 7.77. The molecule has 2 N–H and O–H groups in total. The van der Waals surface area contributed by atoms with E-state index in [0.717, 1.165) is 25.9 Å². The summed E-state index contributed by atoms with van der Waals surface area (Å²) in [5, 5.41) is 6.21.